The fourth-order valence-electron chi connectivity index (χ4n) is 2.88. The molecule has 0 bridgehead atoms. The molecule has 1 saturated carbocycles. The molecule has 1 aliphatic rings. The maximum Gasteiger partial charge on any atom is 0.325 e. The Hall–Kier alpha value is -1.92. The van der Waals surface area contributed by atoms with E-state index in [1.54, 1.807) is 6.20 Å². The second kappa shape index (κ2) is 6.24. The standard InChI is InChI=1S/C14H22N4O3/c1-14(2)5-3-4-10(6-14)13(21)15-7-11-8-18(17-16-11)9-12(19)20/h8,10H,3-7,9H2,1-2H3,(H,15,21)(H,19,20). The van der Waals surface area contributed by atoms with Crippen LogP contribution in [0.5, 0.6) is 0 Å². The van der Waals surface area contributed by atoms with Crippen LogP contribution >= 0.6 is 0 Å². The van der Waals surface area contributed by atoms with E-state index < -0.39 is 5.97 Å². The van der Waals surface area contributed by atoms with Crippen LogP contribution in [0.1, 0.15) is 45.2 Å². The zero-order chi connectivity index (χ0) is 15.5. The van der Waals surface area contributed by atoms with Crippen molar-refractivity contribution in [3.05, 3.63) is 11.9 Å². The van der Waals surface area contributed by atoms with E-state index in [9.17, 15) is 9.59 Å². The smallest absolute Gasteiger partial charge is 0.325 e. The first kappa shape index (κ1) is 15.5. The van der Waals surface area contributed by atoms with Gasteiger partial charge in [0.25, 0.3) is 0 Å². The summed E-state index contributed by atoms with van der Waals surface area (Å²) in [6.45, 7) is 4.46. The highest BCUT2D eigenvalue weighted by Crippen LogP contribution is 2.38. The third-order valence-corrected chi connectivity index (χ3v) is 3.90. The van der Waals surface area contributed by atoms with Gasteiger partial charge in [-0.1, -0.05) is 25.5 Å². The summed E-state index contributed by atoms with van der Waals surface area (Å²) in [5.41, 5.74) is 0.796. The van der Waals surface area contributed by atoms with Gasteiger partial charge in [0, 0.05) is 5.92 Å². The molecule has 1 aliphatic carbocycles. The van der Waals surface area contributed by atoms with Gasteiger partial charge in [-0.15, -0.1) is 5.10 Å². The van der Waals surface area contributed by atoms with Crippen LogP contribution in [0.15, 0.2) is 6.20 Å². The van der Waals surface area contributed by atoms with Crippen molar-refractivity contribution in [2.24, 2.45) is 11.3 Å². The Kier molecular flexibility index (Phi) is 4.59. The number of hydrogen-bond donors (Lipinski definition) is 2. The Labute approximate surface area is 123 Å². The molecule has 0 aromatic carbocycles. The summed E-state index contributed by atoms with van der Waals surface area (Å²) >= 11 is 0. The summed E-state index contributed by atoms with van der Waals surface area (Å²) in [4.78, 5) is 22.7. The van der Waals surface area contributed by atoms with E-state index in [1.807, 2.05) is 0 Å². The molecule has 7 heteroatoms. The lowest BCUT2D eigenvalue weighted by Gasteiger charge is -2.34. The molecule has 0 saturated heterocycles. The van der Waals surface area contributed by atoms with Crippen molar-refractivity contribution in [1.29, 1.82) is 0 Å². The third-order valence-electron chi connectivity index (χ3n) is 3.90. The van der Waals surface area contributed by atoms with Crippen molar-refractivity contribution in [2.75, 3.05) is 0 Å². The largest absolute Gasteiger partial charge is 0.480 e. The molecule has 21 heavy (non-hydrogen) atoms. The predicted molar refractivity (Wildman–Crippen MR) is 75.2 cm³/mol. The van der Waals surface area contributed by atoms with E-state index in [4.69, 9.17) is 5.11 Å². The van der Waals surface area contributed by atoms with E-state index in [1.165, 1.54) is 11.1 Å². The highest BCUT2D eigenvalue weighted by Gasteiger charge is 2.31. The van der Waals surface area contributed by atoms with Crippen LogP contribution in [0.2, 0.25) is 0 Å². The second-order valence-corrected chi connectivity index (χ2v) is 6.48. The number of carbonyl (C=O) groups excluding carboxylic acids is 1. The van der Waals surface area contributed by atoms with Crippen LogP contribution < -0.4 is 5.32 Å². The summed E-state index contributed by atoms with van der Waals surface area (Å²) in [5, 5.41) is 19.1. The number of hydrogen-bond acceptors (Lipinski definition) is 4. The van der Waals surface area contributed by atoms with Gasteiger partial charge in [0.2, 0.25) is 5.91 Å². The van der Waals surface area contributed by atoms with Crippen molar-refractivity contribution < 1.29 is 14.7 Å². The quantitative estimate of drug-likeness (QED) is 0.850. The highest BCUT2D eigenvalue weighted by molar-refractivity contribution is 5.78. The van der Waals surface area contributed by atoms with Crippen LogP contribution in [0, 0.1) is 11.3 Å². The maximum absolute atomic E-state index is 12.2. The Bertz CT molecular complexity index is 524. The summed E-state index contributed by atoms with van der Waals surface area (Å²) < 4.78 is 1.24. The van der Waals surface area contributed by atoms with Crippen molar-refractivity contribution >= 4 is 11.9 Å². The van der Waals surface area contributed by atoms with E-state index in [0.717, 1.165) is 19.3 Å². The minimum absolute atomic E-state index is 0.0514. The Morgan fingerprint density at radius 1 is 1.52 bits per heavy atom. The molecule has 116 valence electrons. The molecule has 2 rings (SSSR count). The van der Waals surface area contributed by atoms with Crippen LogP contribution in [0.3, 0.4) is 0 Å². The van der Waals surface area contributed by atoms with Gasteiger partial charge in [-0.3, -0.25) is 9.59 Å². The molecule has 0 radical (unpaired) electrons. The van der Waals surface area contributed by atoms with Crippen molar-refractivity contribution in [3.63, 3.8) is 0 Å². The number of amides is 1. The van der Waals surface area contributed by atoms with E-state index in [0.29, 0.717) is 5.69 Å². The summed E-state index contributed by atoms with van der Waals surface area (Å²) in [6.07, 6.45) is 5.63. The van der Waals surface area contributed by atoms with Gasteiger partial charge in [0.1, 0.15) is 12.2 Å². The van der Waals surface area contributed by atoms with E-state index >= 15 is 0 Å². The zero-order valence-electron chi connectivity index (χ0n) is 12.5. The van der Waals surface area contributed by atoms with Gasteiger partial charge in [0.15, 0.2) is 0 Å². The van der Waals surface area contributed by atoms with Crippen molar-refractivity contribution in [3.8, 4) is 0 Å². The van der Waals surface area contributed by atoms with E-state index in [-0.39, 0.29) is 30.3 Å². The molecular formula is C14H22N4O3. The molecule has 7 nitrogen and oxygen atoms in total. The molecule has 1 fully saturated rings. The Morgan fingerprint density at radius 3 is 2.95 bits per heavy atom. The number of aromatic nitrogens is 3. The first-order valence-corrected chi connectivity index (χ1v) is 7.24. The summed E-state index contributed by atoms with van der Waals surface area (Å²) in [7, 11) is 0. The van der Waals surface area contributed by atoms with Crippen LogP contribution in [0.25, 0.3) is 0 Å². The molecule has 1 unspecified atom stereocenters. The minimum Gasteiger partial charge on any atom is -0.480 e. The number of carboxylic acid groups (broad SMARTS) is 1. The molecule has 1 aromatic heterocycles. The molecule has 1 amide bonds. The lowest BCUT2D eigenvalue weighted by atomic mass is 9.72. The first-order valence-electron chi connectivity index (χ1n) is 7.24. The fourth-order valence-corrected chi connectivity index (χ4v) is 2.88. The van der Waals surface area contributed by atoms with Gasteiger partial charge in [-0.25, -0.2) is 4.68 Å². The number of carbonyl (C=O) groups is 2. The molecule has 0 spiro atoms. The minimum atomic E-state index is -0.972. The van der Waals surface area contributed by atoms with Crippen LogP contribution in [-0.4, -0.2) is 32.0 Å². The third kappa shape index (κ3) is 4.54. The zero-order valence-corrected chi connectivity index (χ0v) is 12.5. The van der Waals surface area contributed by atoms with Gasteiger partial charge in [-0.2, -0.15) is 0 Å². The van der Waals surface area contributed by atoms with Gasteiger partial charge >= 0.3 is 5.97 Å². The van der Waals surface area contributed by atoms with Crippen molar-refractivity contribution in [1.82, 2.24) is 20.3 Å². The molecule has 2 N–H and O–H groups in total. The van der Waals surface area contributed by atoms with Crippen LogP contribution in [0.4, 0.5) is 0 Å². The average Bonchev–Trinajstić information content (AvgIpc) is 2.81. The Balaban J connectivity index is 1.83. The maximum atomic E-state index is 12.2. The molecular weight excluding hydrogens is 272 g/mol. The monoisotopic (exact) mass is 294 g/mol. The molecule has 1 atom stereocenters. The SMILES string of the molecule is CC1(C)CCCC(C(=O)NCc2cn(CC(=O)O)nn2)C1. The number of nitrogens with zero attached hydrogens (tertiary/aromatic N) is 3. The lowest BCUT2D eigenvalue weighted by Crippen LogP contribution is -2.35. The number of nitrogens with one attached hydrogen (secondary N) is 1. The summed E-state index contributed by atoms with van der Waals surface area (Å²) in [6, 6.07) is 0. The topological polar surface area (TPSA) is 97.1 Å². The highest BCUT2D eigenvalue weighted by atomic mass is 16.4. The van der Waals surface area contributed by atoms with E-state index in [2.05, 4.69) is 29.5 Å². The van der Waals surface area contributed by atoms with Gasteiger partial charge in [0.05, 0.1) is 12.7 Å². The first-order chi connectivity index (χ1) is 9.85. The number of carboxylic acids is 1. The second-order valence-electron chi connectivity index (χ2n) is 6.48. The lowest BCUT2D eigenvalue weighted by molar-refractivity contribution is -0.138. The summed E-state index contributed by atoms with van der Waals surface area (Å²) in [5.74, 6) is -0.863. The number of rotatable bonds is 5. The molecule has 0 aliphatic heterocycles. The predicted octanol–water partition coefficient (Wildman–Crippen LogP) is 1.20. The Morgan fingerprint density at radius 2 is 2.29 bits per heavy atom. The molecule has 1 aromatic rings. The van der Waals surface area contributed by atoms with Crippen molar-refractivity contribution in [2.45, 2.75) is 52.6 Å². The number of aliphatic carboxylic acids is 1. The molecule has 1 heterocycles. The van der Waals surface area contributed by atoms with Crippen LogP contribution in [-0.2, 0) is 22.7 Å². The average molecular weight is 294 g/mol. The van der Waals surface area contributed by atoms with Gasteiger partial charge < -0.3 is 10.4 Å². The fraction of sp³-hybridized carbons (Fsp3) is 0.714. The van der Waals surface area contributed by atoms with Gasteiger partial charge in [-0.05, 0) is 24.7 Å². The normalized spacial score (nSPS) is 21.0.